The van der Waals surface area contributed by atoms with Gasteiger partial charge in [-0.1, -0.05) is 0 Å². The molecule has 2 N–H and O–H groups in total. The lowest BCUT2D eigenvalue weighted by Gasteiger charge is -2.13. The van der Waals surface area contributed by atoms with Gasteiger partial charge in [-0.3, -0.25) is 9.00 Å². The number of rotatable bonds is 8. The Hall–Kier alpha value is -0.420. The molecule has 0 heterocycles. The molecule has 0 aliphatic heterocycles. The summed E-state index contributed by atoms with van der Waals surface area (Å²) in [5.41, 5.74) is 0. The topological polar surface area (TPSA) is 58.2 Å². The molecule has 1 saturated carbocycles. The SMILES string of the molecule is CC(CCS(C)=O)NC(=O)CNCC1CC1. The normalized spacial score (nSPS) is 19.1. The molecule has 0 aromatic heterocycles. The second-order valence-electron chi connectivity index (χ2n) is 4.61. The average Bonchev–Trinajstić information content (AvgIpc) is 2.98. The fourth-order valence-electron chi connectivity index (χ4n) is 1.45. The highest BCUT2D eigenvalue weighted by Crippen LogP contribution is 2.27. The molecule has 0 aromatic rings. The molecule has 0 saturated heterocycles. The van der Waals surface area contributed by atoms with Crippen LogP contribution in [0.15, 0.2) is 0 Å². The zero-order valence-corrected chi connectivity index (χ0v) is 10.9. The van der Waals surface area contributed by atoms with E-state index in [1.807, 2.05) is 6.92 Å². The Labute approximate surface area is 100 Å². The van der Waals surface area contributed by atoms with Gasteiger partial charge in [0.2, 0.25) is 5.91 Å². The Bertz CT molecular complexity index is 254. The number of amides is 1. The minimum atomic E-state index is -0.771. The summed E-state index contributed by atoms with van der Waals surface area (Å²) in [6.07, 6.45) is 5.06. The van der Waals surface area contributed by atoms with E-state index in [1.165, 1.54) is 12.8 Å². The Balaban J connectivity index is 2.00. The maximum absolute atomic E-state index is 11.5. The van der Waals surface area contributed by atoms with Crippen molar-refractivity contribution < 1.29 is 9.00 Å². The predicted octanol–water partition coefficient (Wildman–Crippen LogP) is 0.259. The summed E-state index contributed by atoms with van der Waals surface area (Å²) in [5.74, 6) is 1.49. The molecule has 0 radical (unpaired) electrons. The highest BCUT2D eigenvalue weighted by molar-refractivity contribution is 7.84. The molecule has 1 fully saturated rings. The molecule has 5 heteroatoms. The molecule has 1 amide bonds. The van der Waals surface area contributed by atoms with Crippen molar-refractivity contribution in [1.29, 1.82) is 0 Å². The van der Waals surface area contributed by atoms with Gasteiger partial charge in [0.05, 0.1) is 6.54 Å². The minimum Gasteiger partial charge on any atom is -0.353 e. The summed E-state index contributed by atoms with van der Waals surface area (Å²) in [6.45, 7) is 3.31. The van der Waals surface area contributed by atoms with Crippen LogP contribution in [0.3, 0.4) is 0 Å². The lowest BCUT2D eigenvalue weighted by molar-refractivity contribution is -0.120. The van der Waals surface area contributed by atoms with Crippen LogP contribution in [0.4, 0.5) is 0 Å². The second kappa shape index (κ2) is 7.01. The first-order valence-corrected chi connectivity index (χ1v) is 7.60. The monoisotopic (exact) mass is 246 g/mol. The maximum Gasteiger partial charge on any atom is 0.234 e. The molecular formula is C11H22N2O2S. The van der Waals surface area contributed by atoms with Crippen molar-refractivity contribution in [2.45, 2.75) is 32.2 Å². The smallest absolute Gasteiger partial charge is 0.234 e. The number of carbonyl (C=O) groups is 1. The van der Waals surface area contributed by atoms with Gasteiger partial charge in [-0.25, -0.2) is 0 Å². The highest BCUT2D eigenvalue weighted by atomic mass is 32.2. The van der Waals surface area contributed by atoms with Crippen LogP contribution in [0, 0.1) is 5.92 Å². The minimum absolute atomic E-state index is 0.0371. The maximum atomic E-state index is 11.5. The lowest BCUT2D eigenvalue weighted by atomic mass is 10.2. The Morgan fingerprint density at radius 1 is 1.50 bits per heavy atom. The van der Waals surface area contributed by atoms with E-state index in [0.29, 0.717) is 12.3 Å². The predicted molar refractivity (Wildman–Crippen MR) is 66.7 cm³/mol. The number of carbonyl (C=O) groups excluding carboxylic acids is 1. The molecule has 1 aliphatic rings. The van der Waals surface area contributed by atoms with Crippen molar-refractivity contribution in [2.75, 3.05) is 25.1 Å². The molecule has 1 rings (SSSR count). The van der Waals surface area contributed by atoms with E-state index in [0.717, 1.165) is 18.9 Å². The van der Waals surface area contributed by atoms with Crippen LogP contribution in [-0.4, -0.2) is 41.3 Å². The van der Waals surface area contributed by atoms with E-state index in [4.69, 9.17) is 0 Å². The van der Waals surface area contributed by atoms with E-state index >= 15 is 0 Å². The summed E-state index contributed by atoms with van der Waals surface area (Å²) in [6, 6.07) is 0.110. The van der Waals surface area contributed by atoms with Gasteiger partial charge in [0.15, 0.2) is 0 Å². The third-order valence-electron chi connectivity index (χ3n) is 2.66. The molecule has 1 aliphatic carbocycles. The first kappa shape index (κ1) is 13.6. The first-order chi connectivity index (χ1) is 7.58. The van der Waals surface area contributed by atoms with E-state index < -0.39 is 10.8 Å². The second-order valence-corrected chi connectivity index (χ2v) is 6.16. The van der Waals surface area contributed by atoms with Gasteiger partial charge in [-0.15, -0.1) is 0 Å². The quantitative estimate of drug-likeness (QED) is 0.646. The number of hydrogen-bond acceptors (Lipinski definition) is 3. The molecule has 0 aromatic carbocycles. The van der Waals surface area contributed by atoms with Crippen LogP contribution in [0.2, 0.25) is 0 Å². The lowest BCUT2D eigenvalue weighted by Crippen LogP contribution is -2.40. The van der Waals surface area contributed by atoms with Crippen molar-refractivity contribution in [1.82, 2.24) is 10.6 Å². The molecule has 0 bridgehead atoms. The van der Waals surface area contributed by atoms with Gasteiger partial charge < -0.3 is 10.6 Å². The van der Waals surface area contributed by atoms with Crippen LogP contribution in [0.5, 0.6) is 0 Å². The van der Waals surface area contributed by atoms with Crippen LogP contribution >= 0.6 is 0 Å². The number of nitrogens with one attached hydrogen (secondary N) is 2. The number of hydrogen-bond donors (Lipinski definition) is 2. The Morgan fingerprint density at radius 2 is 2.19 bits per heavy atom. The summed E-state index contributed by atoms with van der Waals surface area (Å²) >= 11 is 0. The van der Waals surface area contributed by atoms with Gasteiger partial charge in [0.1, 0.15) is 0 Å². The van der Waals surface area contributed by atoms with Gasteiger partial charge in [0.25, 0.3) is 0 Å². The van der Waals surface area contributed by atoms with Crippen molar-refractivity contribution in [3.8, 4) is 0 Å². The Morgan fingerprint density at radius 3 is 2.75 bits per heavy atom. The van der Waals surface area contributed by atoms with E-state index in [2.05, 4.69) is 10.6 Å². The summed E-state index contributed by atoms with van der Waals surface area (Å²) < 4.78 is 10.9. The summed E-state index contributed by atoms with van der Waals surface area (Å²) in [7, 11) is -0.771. The Kier molecular flexibility index (Phi) is 5.98. The highest BCUT2D eigenvalue weighted by Gasteiger charge is 2.20. The summed E-state index contributed by atoms with van der Waals surface area (Å²) in [5, 5.41) is 6.04. The van der Waals surface area contributed by atoms with Crippen LogP contribution < -0.4 is 10.6 Å². The van der Waals surface area contributed by atoms with Crippen LogP contribution in [0.1, 0.15) is 26.2 Å². The van der Waals surface area contributed by atoms with Gasteiger partial charge in [-0.05, 0) is 38.6 Å². The standard InChI is InChI=1S/C11H22N2O2S/c1-9(5-6-16(2)15)13-11(14)8-12-7-10-3-4-10/h9-10,12H,3-8H2,1-2H3,(H,13,14). The van der Waals surface area contributed by atoms with Gasteiger partial charge in [0, 0.05) is 28.9 Å². The zero-order chi connectivity index (χ0) is 12.0. The van der Waals surface area contributed by atoms with Crippen molar-refractivity contribution in [2.24, 2.45) is 5.92 Å². The molecular weight excluding hydrogens is 224 g/mol. The van der Waals surface area contributed by atoms with E-state index in [1.54, 1.807) is 6.26 Å². The van der Waals surface area contributed by atoms with E-state index in [9.17, 15) is 9.00 Å². The fraction of sp³-hybridized carbons (Fsp3) is 0.909. The zero-order valence-electron chi connectivity index (χ0n) is 10.1. The largest absolute Gasteiger partial charge is 0.353 e. The molecule has 0 spiro atoms. The average molecular weight is 246 g/mol. The van der Waals surface area contributed by atoms with Gasteiger partial charge in [-0.2, -0.15) is 0 Å². The van der Waals surface area contributed by atoms with Gasteiger partial charge >= 0.3 is 0 Å². The third-order valence-corrected chi connectivity index (χ3v) is 3.47. The third kappa shape index (κ3) is 6.95. The molecule has 2 unspecified atom stereocenters. The molecule has 2 atom stereocenters. The first-order valence-electron chi connectivity index (χ1n) is 5.88. The fourth-order valence-corrected chi connectivity index (χ4v) is 2.14. The molecule has 4 nitrogen and oxygen atoms in total. The summed E-state index contributed by atoms with van der Waals surface area (Å²) in [4.78, 5) is 11.5. The van der Waals surface area contributed by atoms with Crippen molar-refractivity contribution in [3.05, 3.63) is 0 Å². The molecule has 94 valence electrons. The van der Waals surface area contributed by atoms with Crippen LogP contribution in [-0.2, 0) is 15.6 Å². The van der Waals surface area contributed by atoms with E-state index in [-0.39, 0.29) is 11.9 Å². The van der Waals surface area contributed by atoms with Crippen molar-refractivity contribution >= 4 is 16.7 Å². The van der Waals surface area contributed by atoms with Crippen LogP contribution in [0.25, 0.3) is 0 Å². The van der Waals surface area contributed by atoms with Crippen molar-refractivity contribution in [3.63, 3.8) is 0 Å². The molecule has 16 heavy (non-hydrogen) atoms.